The molecule has 0 spiro atoms. The first kappa shape index (κ1) is 27.5. The van der Waals surface area contributed by atoms with Gasteiger partial charge in [0.2, 0.25) is 5.91 Å². The maximum absolute atomic E-state index is 12.5. The number of carbonyl (C=O) groups is 1. The quantitative estimate of drug-likeness (QED) is 0.320. The number of benzene rings is 2. The number of carbonyl (C=O) groups excluding carboxylic acids is 1. The van der Waals surface area contributed by atoms with Gasteiger partial charge in [0.05, 0.1) is 30.4 Å². The van der Waals surface area contributed by atoms with Gasteiger partial charge in [-0.05, 0) is 49.5 Å². The van der Waals surface area contributed by atoms with Gasteiger partial charge < -0.3 is 24.5 Å². The number of anilines is 1. The molecular formula is C31H34N8O3. The van der Waals surface area contributed by atoms with Gasteiger partial charge >= 0.3 is 6.01 Å². The van der Waals surface area contributed by atoms with E-state index in [1.165, 1.54) is 6.08 Å². The summed E-state index contributed by atoms with van der Waals surface area (Å²) in [5.74, 6) is 0.664. The van der Waals surface area contributed by atoms with Crippen LogP contribution in [0.15, 0.2) is 55.3 Å². The van der Waals surface area contributed by atoms with Crippen LogP contribution < -0.4 is 9.64 Å². The van der Waals surface area contributed by atoms with Crippen molar-refractivity contribution in [1.29, 1.82) is 5.26 Å². The zero-order chi connectivity index (χ0) is 29.2. The summed E-state index contributed by atoms with van der Waals surface area (Å²) in [6.07, 6.45) is 6.02. The van der Waals surface area contributed by atoms with Crippen LogP contribution in [0, 0.1) is 11.3 Å². The maximum Gasteiger partial charge on any atom is 0.336 e. The molecule has 11 heteroatoms. The minimum atomic E-state index is -0.307. The van der Waals surface area contributed by atoms with Crippen LogP contribution in [0.1, 0.15) is 30.5 Å². The number of hydrogen-bond acceptors (Lipinski definition) is 9. The molecule has 0 aliphatic carbocycles. The van der Waals surface area contributed by atoms with Gasteiger partial charge in [-0.2, -0.15) is 10.2 Å². The van der Waals surface area contributed by atoms with Crippen LogP contribution in [0.3, 0.4) is 0 Å². The molecule has 0 unspecified atom stereocenters. The molecule has 216 valence electrons. The molecule has 4 heterocycles. The van der Waals surface area contributed by atoms with Gasteiger partial charge in [0.1, 0.15) is 12.4 Å². The predicted molar refractivity (Wildman–Crippen MR) is 158 cm³/mol. The number of amides is 1. The van der Waals surface area contributed by atoms with Gasteiger partial charge in [0, 0.05) is 37.5 Å². The zero-order valence-electron chi connectivity index (χ0n) is 23.7. The van der Waals surface area contributed by atoms with Crippen molar-refractivity contribution in [1.82, 2.24) is 29.4 Å². The minimum absolute atomic E-state index is 0.184. The number of phenolic OH excluding ortho intramolecular Hbond substituents is 1. The van der Waals surface area contributed by atoms with E-state index in [4.69, 9.17) is 19.8 Å². The van der Waals surface area contributed by atoms with Gasteiger partial charge in [-0.3, -0.25) is 4.79 Å². The van der Waals surface area contributed by atoms with Crippen molar-refractivity contribution in [3.8, 4) is 17.8 Å². The monoisotopic (exact) mass is 566 g/mol. The molecule has 6 rings (SSSR count). The van der Waals surface area contributed by atoms with Gasteiger partial charge in [-0.1, -0.05) is 36.9 Å². The average Bonchev–Trinajstić information content (AvgIpc) is 3.62. The Hall–Kier alpha value is -4.69. The molecular weight excluding hydrogens is 532 g/mol. The fourth-order valence-corrected chi connectivity index (χ4v) is 6.08. The highest BCUT2D eigenvalue weighted by Crippen LogP contribution is 2.30. The Kier molecular flexibility index (Phi) is 7.63. The third-order valence-corrected chi connectivity index (χ3v) is 8.40. The predicted octanol–water partition coefficient (Wildman–Crippen LogP) is 3.16. The lowest BCUT2D eigenvalue weighted by Gasteiger charge is -2.40. The molecule has 2 fully saturated rings. The highest BCUT2D eigenvalue weighted by molar-refractivity contribution is 5.91. The van der Waals surface area contributed by atoms with Crippen LogP contribution in [-0.2, 0) is 11.2 Å². The normalized spacial score (nSPS) is 19.3. The topological polar surface area (TPSA) is 123 Å². The van der Waals surface area contributed by atoms with Gasteiger partial charge in [0.15, 0.2) is 11.5 Å². The van der Waals surface area contributed by atoms with Crippen molar-refractivity contribution in [3.63, 3.8) is 0 Å². The summed E-state index contributed by atoms with van der Waals surface area (Å²) in [7, 11) is 2.10. The van der Waals surface area contributed by atoms with Gasteiger partial charge in [-0.15, -0.1) is 5.10 Å². The number of phenols is 1. The summed E-state index contributed by atoms with van der Waals surface area (Å²) in [5, 5.41) is 26.4. The largest absolute Gasteiger partial charge is 0.507 e. The number of rotatable bonds is 8. The minimum Gasteiger partial charge on any atom is -0.507 e. The molecule has 1 amide bonds. The van der Waals surface area contributed by atoms with Crippen LogP contribution in [0.25, 0.3) is 16.4 Å². The van der Waals surface area contributed by atoms with E-state index in [-0.39, 0.29) is 30.1 Å². The number of likely N-dealkylation sites (N-methyl/N-ethyl adjacent to an activating group) is 1. The molecule has 0 saturated carbocycles. The van der Waals surface area contributed by atoms with E-state index >= 15 is 0 Å². The molecule has 4 aromatic rings. The van der Waals surface area contributed by atoms with E-state index in [1.54, 1.807) is 21.7 Å². The molecule has 2 saturated heterocycles. The van der Waals surface area contributed by atoms with Crippen LogP contribution >= 0.6 is 0 Å². The lowest BCUT2D eigenvalue weighted by Crippen LogP contribution is -2.55. The number of aromatic nitrogens is 4. The van der Waals surface area contributed by atoms with E-state index in [9.17, 15) is 15.2 Å². The second-order valence-corrected chi connectivity index (χ2v) is 11.0. The summed E-state index contributed by atoms with van der Waals surface area (Å²) in [6.45, 7) is 6.52. The number of nitrogens with zero attached hydrogens (tertiary/aromatic N) is 8. The third kappa shape index (κ3) is 5.21. The Morgan fingerprint density at radius 1 is 1.19 bits per heavy atom. The second-order valence-electron chi connectivity index (χ2n) is 11.0. The number of hydrogen-bond donors (Lipinski definition) is 1. The number of piperazine rings is 1. The molecule has 42 heavy (non-hydrogen) atoms. The van der Waals surface area contributed by atoms with E-state index in [1.807, 2.05) is 30.3 Å². The Morgan fingerprint density at radius 3 is 2.79 bits per heavy atom. The summed E-state index contributed by atoms with van der Waals surface area (Å²) in [6, 6.07) is 13.9. The number of imidazole rings is 1. The highest BCUT2D eigenvalue weighted by atomic mass is 16.5. The SMILES string of the molecule is C=CC(=O)N1CCN(c2nc(OC[C@@H]3CCCN3C)nn3c(Cc4ccc(O)c5ccccc45)cnc23)C[C@@H]1CC#N. The molecule has 2 aliphatic rings. The smallest absolute Gasteiger partial charge is 0.336 e. The maximum atomic E-state index is 12.5. The fraction of sp³-hybridized carbons (Fsp3) is 0.387. The highest BCUT2D eigenvalue weighted by Gasteiger charge is 2.32. The number of ether oxygens (including phenoxy) is 1. The van der Waals surface area contributed by atoms with Gasteiger partial charge in [-0.25, -0.2) is 9.50 Å². The zero-order valence-corrected chi connectivity index (χ0v) is 23.7. The van der Waals surface area contributed by atoms with Crippen molar-refractivity contribution in [2.24, 2.45) is 0 Å². The van der Waals surface area contributed by atoms with Crippen molar-refractivity contribution in [2.45, 2.75) is 37.8 Å². The first-order chi connectivity index (χ1) is 20.5. The van der Waals surface area contributed by atoms with Crippen LogP contribution in [0.5, 0.6) is 11.8 Å². The lowest BCUT2D eigenvalue weighted by atomic mass is 10.0. The first-order valence-electron chi connectivity index (χ1n) is 14.3. The van der Waals surface area contributed by atoms with E-state index in [0.29, 0.717) is 50.2 Å². The summed E-state index contributed by atoms with van der Waals surface area (Å²) in [4.78, 5) is 28.1. The average molecular weight is 567 g/mol. The fourth-order valence-electron chi connectivity index (χ4n) is 6.08. The van der Waals surface area contributed by atoms with Crippen molar-refractivity contribution < 1.29 is 14.6 Å². The molecule has 2 aliphatic heterocycles. The molecule has 1 N–H and O–H groups in total. The van der Waals surface area contributed by atoms with E-state index in [2.05, 4.69) is 29.5 Å². The number of nitriles is 1. The first-order valence-corrected chi connectivity index (χ1v) is 14.3. The van der Waals surface area contributed by atoms with Crippen LogP contribution in [-0.4, -0.2) is 92.3 Å². The Bertz CT molecular complexity index is 1680. The number of likely N-dealkylation sites (tertiary alicyclic amines) is 1. The lowest BCUT2D eigenvalue weighted by molar-refractivity contribution is -0.128. The van der Waals surface area contributed by atoms with E-state index in [0.717, 1.165) is 41.4 Å². The molecule has 0 radical (unpaired) electrons. The van der Waals surface area contributed by atoms with E-state index < -0.39 is 0 Å². The molecule has 2 aromatic carbocycles. The van der Waals surface area contributed by atoms with Crippen LogP contribution in [0.2, 0.25) is 0 Å². The van der Waals surface area contributed by atoms with Crippen molar-refractivity contribution in [3.05, 3.63) is 66.5 Å². The van der Waals surface area contributed by atoms with Crippen molar-refractivity contribution >= 4 is 28.1 Å². The summed E-state index contributed by atoms with van der Waals surface area (Å²) >= 11 is 0. The summed E-state index contributed by atoms with van der Waals surface area (Å²) in [5.41, 5.74) is 2.46. The number of fused-ring (bicyclic) bond motifs is 2. The van der Waals surface area contributed by atoms with Crippen molar-refractivity contribution in [2.75, 3.05) is 44.7 Å². The van der Waals surface area contributed by atoms with Gasteiger partial charge in [0.25, 0.3) is 0 Å². The molecule has 2 aromatic heterocycles. The Balaban J connectivity index is 1.38. The molecule has 2 atom stereocenters. The number of aromatic hydroxyl groups is 1. The Labute approximate surface area is 244 Å². The second kappa shape index (κ2) is 11.7. The standard InChI is InChI=1S/C31H34N8O3/c1-3-28(41)38-16-15-37(19-22(38)12-13-32)30-29-33-18-24(17-21-10-11-27(40)26-9-5-4-8-25(21)26)39(29)35-31(34-30)42-20-23-7-6-14-36(23)2/h3-5,8-11,18,22-23,40H,1,6-7,12,14-17,19-20H2,2H3/t22-,23-/m0/s1. The Morgan fingerprint density at radius 2 is 2.02 bits per heavy atom. The molecule has 0 bridgehead atoms. The molecule has 11 nitrogen and oxygen atoms in total. The van der Waals surface area contributed by atoms with Crippen LogP contribution in [0.4, 0.5) is 5.82 Å². The third-order valence-electron chi connectivity index (χ3n) is 8.40. The summed E-state index contributed by atoms with van der Waals surface area (Å²) < 4.78 is 8.00.